The van der Waals surface area contributed by atoms with Gasteiger partial charge >= 0.3 is 0 Å². The molecule has 5 heteroatoms. The molecule has 0 saturated heterocycles. The van der Waals surface area contributed by atoms with Crippen LogP contribution in [0.2, 0.25) is 0 Å². The molecule has 1 unspecified atom stereocenters. The van der Waals surface area contributed by atoms with Crippen molar-refractivity contribution in [2.45, 2.75) is 19.4 Å². The van der Waals surface area contributed by atoms with Gasteiger partial charge in [-0.2, -0.15) is 0 Å². The Morgan fingerprint density at radius 1 is 1.14 bits per heavy atom. The molecule has 1 N–H and O–H groups in total. The monoisotopic (exact) mass is 357 g/mol. The Morgan fingerprint density at radius 3 is 2.48 bits per heavy atom. The molecule has 0 bridgehead atoms. The molecule has 1 nitrogen and oxygen atoms in total. The molecule has 0 radical (unpaired) electrons. The van der Waals surface area contributed by atoms with Crippen LogP contribution >= 0.6 is 15.9 Å². The molecule has 0 aliphatic carbocycles. The fourth-order valence-corrected chi connectivity index (χ4v) is 2.88. The molecule has 2 rings (SSSR count). The summed E-state index contributed by atoms with van der Waals surface area (Å²) in [6.45, 7) is 1.82. The van der Waals surface area contributed by atoms with Crippen molar-refractivity contribution in [3.8, 4) is 0 Å². The zero-order valence-corrected chi connectivity index (χ0v) is 13.3. The first-order valence-electron chi connectivity index (χ1n) is 6.49. The van der Waals surface area contributed by atoms with Crippen molar-refractivity contribution < 1.29 is 13.2 Å². The summed E-state index contributed by atoms with van der Waals surface area (Å²) in [5.41, 5.74) is 2.40. The van der Waals surface area contributed by atoms with Crippen molar-refractivity contribution in [3.63, 3.8) is 0 Å². The molecule has 2 aromatic carbocycles. The van der Waals surface area contributed by atoms with Crippen LogP contribution in [-0.4, -0.2) is 7.05 Å². The van der Waals surface area contributed by atoms with E-state index in [0.717, 1.165) is 17.2 Å². The minimum Gasteiger partial charge on any atom is -0.313 e. The molecule has 0 amide bonds. The van der Waals surface area contributed by atoms with E-state index < -0.39 is 11.6 Å². The minimum atomic E-state index is -0.899. The zero-order valence-electron chi connectivity index (χ0n) is 11.7. The highest BCUT2D eigenvalue weighted by atomic mass is 79.9. The normalized spacial score (nSPS) is 12.5. The number of nitrogens with one attached hydrogen (secondary N) is 1. The van der Waals surface area contributed by atoms with E-state index in [4.69, 9.17) is 0 Å². The molecule has 1 atom stereocenters. The highest BCUT2D eigenvalue weighted by molar-refractivity contribution is 9.10. The lowest BCUT2D eigenvalue weighted by Gasteiger charge is -2.20. The van der Waals surface area contributed by atoms with E-state index >= 15 is 0 Å². The van der Waals surface area contributed by atoms with Gasteiger partial charge in [0.15, 0.2) is 11.6 Å². The Kier molecular flexibility index (Phi) is 5.06. The Balaban J connectivity index is 2.34. The van der Waals surface area contributed by atoms with Gasteiger partial charge in [0.1, 0.15) is 5.82 Å². The topological polar surface area (TPSA) is 12.0 Å². The lowest BCUT2D eigenvalue weighted by molar-refractivity contribution is 0.495. The summed E-state index contributed by atoms with van der Waals surface area (Å²) in [6.07, 6.45) is 0.548. The minimum absolute atomic E-state index is 0.113. The highest BCUT2D eigenvalue weighted by Gasteiger charge is 2.19. The number of hydrogen-bond donors (Lipinski definition) is 1. The number of aryl methyl sites for hydroxylation is 1. The second kappa shape index (κ2) is 6.62. The summed E-state index contributed by atoms with van der Waals surface area (Å²) in [7, 11) is 1.75. The van der Waals surface area contributed by atoms with Gasteiger partial charge in [-0.05, 0) is 71.2 Å². The van der Waals surface area contributed by atoms with Crippen LogP contribution in [0.1, 0.15) is 22.7 Å². The maximum atomic E-state index is 13.7. The second-order valence-electron chi connectivity index (χ2n) is 4.88. The van der Waals surface area contributed by atoms with Crippen molar-refractivity contribution in [1.29, 1.82) is 0 Å². The Bertz CT molecular complexity index is 658. The summed E-state index contributed by atoms with van der Waals surface area (Å²) >= 11 is 3.10. The van der Waals surface area contributed by atoms with E-state index in [1.807, 2.05) is 6.92 Å². The summed E-state index contributed by atoms with van der Waals surface area (Å²) in [5, 5.41) is 3.08. The largest absolute Gasteiger partial charge is 0.313 e. The average Bonchev–Trinajstić information content (AvgIpc) is 2.45. The van der Waals surface area contributed by atoms with E-state index in [0.29, 0.717) is 12.0 Å². The molecule has 0 heterocycles. The lowest BCUT2D eigenvalue weighted by atomic mass is 9.96. The van der Waals surface area contributed by atoms with Crippen molar-refractivity contribution in [2.75, 3.05) is 7.05 Å². The molecule has 0 aromatic heterocycles. The molecule has 0 aliphatic rings. The van der Waals surface area contributed by atoms with Crippen LogP contribution < -0.4 is 5.32 Å². The first-order valence-corrected chi connectivity index (χ1v) is 7.29. The SMILES string of the molecule is CNC(Cc1ccc(F)cc1C)c1ccc(F)c(F)c1Br. The first-order chi connectivity index (χ1) is 9.93. The fraction of sp³-hybridized carbons (Fsp3) is 0.250. The number of likely N-dealkylation sites (N-methyl/N-ethyl adjacent to an activating group) is 1. The molecular formula is C16H15BrF3N. The third-order valence-corrected chi connectivity index (χ3v) is 4.32. The number of rotatable bonds is 4. The predicted octanol–water partition coefficient (Wildman–Crippen LogP) is 4.68. The van der Waals surface area contributed by atoms with E-state index in [2.05, 4.69) is 21.2 Å². The van der Waals surface area contributed by atoms with Gasteiger partial charge in [0.05, 0.1) is 4.47 Å². The van der Waals surface area contributed by atoms with Crippen LogP contribution in [-0.2, 0) is 6.42 Å². The summed E-state index contributed by atoms with van der Waals surface area (Å²) in [5.74, 6) is -2.08. The van der Waals surface area contributed by atoms with Crippen molar-refractivity contribution >= 4 is 15.9 Å². The Labute approximate surface area is 130 Å². The quantitative estimate of drug-likeness (QED) is 0.783. The third kappa shape index (κ3) is 3.47. The molecular weight excluding hydrogens is 343 g/mol. The fourth-order valence-electron chi connectivity index (χ4n) is 2.29. The summed E-state index contributed by atoms with van der Waals surface area (Å²) in [6, 6.07) is 7.01. The molecule has 112 valence electrons. The molecule has 0 aliphatic heterocycles. The molecule has 21 heavy (non-hydrogen) atoms. The molecule has 2 aromatic rings. The van der Waals surface area contributed by atoms with Crippen molar-refractivity contribution in [2.24, 2.45) is 0 Å². The van der Waals surface area contributed by atoms with Gasteiger partial charge in [-0.1, -0.05) is 12.1 Å². The predicted molar refractivity (Wildman–Crippen MR) is 80.7 cm³/mol. The van der Waals surface area contributed by atoms with Gasteiger partial charge in [-0.15, -0.1) is 0 Å². The molecule has 0 spiro atoms. The number of hydrogen-bond acceptors (Lipinski definition) is 1. The van der Waals surface area contributed by atoms with Gasteiger partial charge < -0.3 is 5.32 Å². The van der Waals surface area contributed by atoms with Crippen molar-refractivity contribution in [3.05, 3.63) is 68.9 Å². The molecule has 0 saturated carbocycles. The third-order valence-electron chi connectivity index (χ3n) is 3.52. The second-order valence-corrected chi connectivity index (χ2v) is 5.67. The van der Waals surface area contributed by atoms with Gasteiger partial charge in [-0.3, -0.25) is 0 Å². The first kappa shape index (κ1) is 16.0. The van der Waals surface area contributed by atoms with Crippen LogP contribution in [0.15, 0.2) is 34.8 Å². The summed E-state index contributed by atoms with van der Waals surface area (Å²) < 4.78 is 40.1. The van der Waals surface area contributed by atoms with Gasteiger partial charge in [0, 0.05) is 6.04 Å². The van der Waals surface area contributed by atoms with E-state index in [-0.39, 0.29) is 16.3 Å². The average molecular weight is 358 g/mol. The van der Waals surface area contributed by atoms with E-state index in [1.165, 1.54) is 12.1 Å². The number of halogens is 4. The standard InChI is InChI=1S/C16H15BrF3N/c1-9-7-11(18)4-3-10(9)8-14(21-2)12-5-6-13(19)16(20)15(12)17/h3-7,14,21H,8H2,1-2H3. The van der Waals surface area contributed by atoms with E-state index in [1.54, 1.807) is 19.2 Å². The Morgan fingerprint density at radius 2 is 1.86 bits per heavy atom. The Hall–Kier alpha value is -1.33. The maximum absolute atomic E-state index is 13.7. The van der Waals surface area contributed by atoms with Gasteiger partial charge in [-0.25, -0.2) is 13.2 Å². The highest BCUT2D eigenvalue weighted by Crippen LogP contribution is 2.30. The van der Waals surface area contributed by atoms with Crippen molar-refractivity contribution in [1.82, 2.24) is 5.32 Å². The van der Waals surface area contributed by atoms with Crippen LogP contribution in [0.3, 0.4) is 0 Å². The van der Waals surface area contributed by atoms with Gasteiger partial charge in [0.2, 0.25) is 0 Å². The van der Waals surface area contributed by atoms with E-state index in [9.17, 15) is 13.2 Å². The van der Waals surface area contributed by atoms with Gasteiger partial charge in [0.25, 0.3) is 0 Å². The van der Waals surface area contributed by atoms with Crippen LogP contribution in [0, 0.1) is 24.4 Å². The van der Waals surface area contributed by atoms with Crippen LogP contribution in [0.4, 0.5) is 13.2 Å². The lowest BCUT2D eigenvalue weighted by Crippen LogP contribution is -2.20. The number of benzene rings is 2. The zero-order chi connectivity index (χ0) is 15.6. The molecule has 0 fully saturated rings. The smallest absolute Gasteiger partial charge is 0.173 e. The summed E-state index contributed by atoms with van der Waals surface area (Å²) in [4.78, 5) is 0. The van der Waals surface area contributed by atoms with Crippen LogP contribution in [0.5, 0.6) is 0 Å². The maximum Gasteiger partial charge on any atom is 0.173 e. The van der Waals surface area contributed by atoms with Crippen LogP contribution in [0.25, 0.3) is 0 Å².